The Hall–Kier alpha value is -1.71. The van der Waals surface area contributed by atoms with Gasteiger partial charge in [0.1, 0.15) is 5.75 Å². The van der Waals surface area contributed by atoms with Gasteiger partial charge in [-0.3, -0.25) is 4.67 Å². The number of hydrogen-bond donors (Lipinski definition) is 0. The molecule has 2 rings (SSSR count). The monoisotopic (exact) mass is 362 g/mol. The van der Waals surface area contributed by atoms with E-state index >= 15 is 0 Å². The van der Waals surface area contributed by atoms with Crippen molar-refractivity contribution in [3.05, 3.63) is 60.7 Å². The maximum Gasteiger partial charge on any atom is 0.403 e. The summed E-state index contributed by atoms with van der Waals surface area (Å²) in [6.45, 7) is 0.980. The SMILES string of the molecule is CCC(C)SP(=O)(Oc1ccccc1)N(C)C=Nc1ccccc1. The summed E-state index contributed by atoms with van der Waals surface area (Å²) >= 11 is 1.35. The molecule has 0 amide bonds. The van der Waals surface area contributed by atoms with Gasteiger partial charge in [0, 0.05) is 12.3 Å². The van der Waals surface area contributed by atoms with E-state index in [0.29, 0.717) is 5.75 Å². The quantitative estimate of drug-likeness (QED) is 0.328. The minimum Gasteiger partial charge on any atom is -0.422 e. The van der Waals surface area contributed by atoms with Gasteiger partial charge in [-0.05, 0) is 42.1 Å². The third-order valence-corrected chi connectivity index (χ3v) is 8.52. The Kier molecular flexibility index (Phi) is 6.95. The zero-order valence-corrected chi connectivity index (χ0v) is 15.9. The van der Waals surface area contributed by atoms with Crippen molar-refractivity contribution in [1.82, 2.24) is 4.67 Å². The molecule has 0 heterocycles. The summed E-state index contributed by atoms with van der Waals surface area (Å²) < 4.78 is 20.9. The van der Waals surface area contributed by atoms with Gasteiger partial charge in [-0.1, -0.05) is 50.2 Å². The minimum absolute atomic E-state index is 0.215. The van der Waals surface area contributed by atoms with E-state index < -0.39 is 6.72 Å². The molecule has 0 aliphatic heterocycles. The van der Waals surface area contributed by atoms with E-state index in [1.807, 2.05) is 67.6 Å². The van der Waals surface area contributed by atoms with Gasteiger partial charge in [0.15, 0.2) is 0 Å². The molecule has 0 saturated carbocycles. The van der Waals surface area contributed by atoms with Crippen LogP contribution in [0.15, 0.2) is 65.7 Å². The molecule has 4 nitrogen and oxygen atoms in total. The molecule has 0 aliphatic carbocycles. The van der Waals surface area contributed by atoms with Crippen LogP contribution in [-0.2, 0) is 4.57 Å². The van der Waals surface area contributed by atoms with Gasteiger partial charge in [0.05, 0.1) is 12.0 Å². The van der Waals surface area contributed by atoms with Crippen molar-refractivity contribution in [2.45, 2.75) is 25.5 Å². The first-order valence-electron chi connectivity index (χ1n) is 7.89. The molecule has 0 aliphatic rings. The van der Waals surface area contributed by atoms with E-state index in [0.717, 1.165) is 12.1 Å². The zero-order chi connectivity index (χ0) is 17.4. The Morgan fingerprint density at radius 3 is 2.33 bits per heavy atom. The van der Waals surface area contributed by atoms with Gasteiger partial charge >= 0.3 is 6.72 Å². The van der Waals surface area contributed by atoms with E-state index in [-0.39, 0.29) is 5.25 Å². The number of para-hydroxylation sites is 2. The maximum absolute atomic E-state index is 13.4. The van der Waals surface area contributed by atoms with Crippen molar-refractivity contribution < 1.29 is 9.09 Å². The van der Waals surface area contributed by atoms with Crippen molar-refractivity contribution in [3.8, 4) is 5.75 Å². The Bertz CT molecular complexity index is 695. The molecular weight excluding hydrogens is 339 g/mol. The summed E-state index contributed by atoms with van der Waals surface area (Å²) in [5.41, 5.74) is 0.809. The van der Waals surface area contributed by atoms with Gasteiger partial charge in [-0.2, -0.15) is 0 Å². The van der Waals surface area contributed by atoms with Crippen molar-refractivity contribution in [3.63, 3.8) is 0 Å². The minimum atomic E-state index is -3.14. The first-order chi connectivity index (χ1) is 11.5. The van der Waals surface area contributed by atoms with Gasteiger partial charge in [-0.25, -0.2) is 9.56 Å². The molecule has 6 heteroatoms. The third-order valence-electron chi connectivity index (χ3n) is 3.37. The van der Waals surface area contributed by atoms with Crippen LogP contribution in [0, 0.1) is 0 Å². The van der Waals surface area contributed by atoms with E-state index in [9.17, 15) is 4.57 Å². The number of aliphatic imine (C=N–C) groups is 1. The fourth-order valence-corrected chi connectivity index (χ4v) is 6.07. The molecule has 24 heavy (non-hydrogen) atoms. The normalized spacial score (nSPS) is 15.0. The second kappa shape index (κ2) is 8.95. The fraction of sp³-hybridized carbons (Fsp3) is 0.278. The topological polar surface area (TPSA) is 41.9 Å². The van der Waals surface area contributed by atoms with E-state index in [1.165, 1.54) is 11.4 Å². The lowest BCUT2D eigenvalue weighted by molar-refractivity contribution is 0.462. The molecule has 0 N–H and O–H groups in total. The summed E-state index contributed by atoms with van der Waals surface area (Å²) in [6, 6.07) is 18.8. The van der Waals surface area contributed by atoms with Crippen molar-refractivity contribution in [1.29, 1.82) is 0 Å². The van der Waals surface area contributed by atoms with Gasteiger partial charge in [0.25, 0.3) is 0 Å². The number of benzene rings is 2. The van der Waals surface area contributed by atoms with E-state index in [2.05, 4.69) is 11.9 Å². The lowest BCUT2D eigenvalue weighted by Crippen LogP contribution is -2.16. The number of rotatable bonds is 8. The molecule has 0 aromatic heterocycles. The van der Waals surface area contributed by atoms with Crippen LogP contribution in [0.2, 0.25) is 0 Å². The Morgan fingerprint density at radius 2 is 1.75 bits per heavy atom. The summed E-state index contributed by atoms with van der Waals surface area (Å²) in [6.07, 6.45) is 2.49. The highest BCUT2D eigenvalue weighted by Crippen LogP contribution is 2.62. The fourth-order valence-electron chi connectivity index (χ4n) is 1.80. The highest BCUT2D eigenvalue weighted by molar-refractivity contribution is 8.56. The van der Waals surface area contributed by atoms with Crippen LogP contribution in [0.5, 0.6) is 5.75 Å². The van der Waals surface area contributed by atoms with Gasteiger partial charge in [0.2, 0.25) is 0 Å². The molecule has 2 atom stereocenters. The van der Waals surface area contributed by atoms with Crippen LogP contribution in [0.4, 0.5) is 5.69 Å². The third kappa shape index (κ3) is 5.43. The summed E-state index contributed by atoms with van der Waals surface area (Å²) in [4.78, 5) is 4.38. The first-order valence-corrected chi connectivity index (χ1v) is 11.0. The van der Waals surface area contributed by atoms with E-state index in [4.69, 9.17) is 4.52 Å². The second-order valence-electron chi connectivity index (χ2n) is 5.35. The molecule has 2 unspecified atom stereocenters. The standard InChI is InChI=1S/C18H23N2O2PS/c1-4-16(2)24-23(21,22-18-13-9-6-10-14-18)20(3)15-19-17-11-7-5-8-12-17/h5-16H,4H2,1-3H3. The molecule has 0 radical (unpaired) electrons. The Labute approximate surface area is 148 Å². The zero-order valence-electron chi connectivity index (χ0n) is 14.2. The highest BCUT2D eigenvalue weighted by atomic mass is 32.7. The van der Waals surface area contributed by atoms with Crippen LogP contribution in [-0.4, -0.2) is 23.3 Å². The largest absolute Gasteiger partial charge is 0.422 e. The summed E-state index contributed by atoms with van der Waals surface area (Å²) in [5, 5.41) is 0.215. The van der Waals surface area contributed by atoms with Gasteiger partial charge < -0.3 is 4.52 Å². The number of hydrogen-bond acceptors (Lipinski definition) is 4. The van der Waals surface area contributed by atoms with Crippen LogP contribution in [0.1, 0.15) is 20.3 Å². The predicted octanol–water partition coefficient (Wildman–Crippen LogP) is 6.00. The van der Waals surface area contributed by atoms with Crippen molar-refractivity contribution in [2.24, 2.45) is 4.99 Å². The molecule has 2 aromatic rings. The van der Waals surface area contributed by atoms with Crippen molar-refractivity contribution in [2.75, 3.05) is 7.05 Å². The molecule has 0 fully saturated rings. The van der Waals surface area contributed by atoms with Crippen LogP contribution in [0.25, 0.3) is 0 Å². The van der Waals surface area contributed by atoms with Crippen molar-refractivity contribution >= 4 is 30.1 Å². The lowest BCUT2D eigenvalue weighted by Gasteiger charge is -2.27. The van der Waals surface area contributed by atoms with E-state index in [1.54, 1.807) is 18.1 Å². The summed E-state index contributed by atoms with van der Waals surface area (Å²) in [7, 11) is 1.74. The predicted molar refractivity (Wildman–Crippen MR) is 104 cm³/mol. The number of nitrogens with zero attached hydrogens (tertiary/aromatic N) is 2. The van der Waals surface area contributed by atoms with Crippen LogP contribution < -0.4 is 4.52 Å². The average molecular weight is 362 g/mol. The lowest BCUT2D eigenvalue weighted by atomic mass is 10.3. The highest BCUT2D eigenvalue weighted by Gasteiger charge is 2.32. The molecule has 2 aromatic carbocycles. The molecular formula is C18H23N2O2PS. The molecule has 0 saturated heterocycles. The second-order valence-corrected chi connectivity index (χ2v) is 10.1. The molecule has 0 spiro atoms. The average Bonchev–Trinajstić information content (AvgIpc) is 2.61. The Balaban J connectivity index is 2.20. The molecule has 0 bridgehead atoms. The first kappa shape index (κ1) is 18.6. The smallest absolute Gasteiger partial charge is 0.403 e. The van der Waals surface area contributed by atoms with Gasteiger partial charge in [-0.15, -0.1) is 0 Å². The Morgan fingerprint density at radius 1 is 1.17 bits per heavy atom. The molecule has 128 valence electrons. The van der Waals surface area contributed by atoms with Crippen LogP contribution in [0.3, 0.4) is 0 Å². The van der Waals surface area contributed by atoms with Crippen LogP contribution >= 0.6 is 18.1 Å². The maximum atomic E-state index is 13.4. The summed E-state index contributed by atoms with van der Waals surface area (Å²) in [5.74, 6) is 0.594.